The SMILES string of the molecule is CC.CN(C)C1C2CCC1CC2. The van der Waals surface area contributed by atoms with Crippen molar-refractivity contribution < 1.29 is 0 Å². The van der Waals surface area contributed by atoms with Crippen molar-refractivity contribution >= 4 is 0 Å². The standard InChI is InChI=1S/C9H17N.C2H6/c1-10(2)9-7-3-4-8(9)6-5-7;1-2/h7-9H,3-6H2,1-2H3;1-2H3. The molecule has 2 fully saturated rings. The zero-order valence-corrected chi connectivity index (χ0v) is 9.01. The Hall–Kier alpha value is -0.0400. The van der Waals surface area contributed by atoms with E-state index in [1.54, 1.807) is 0 Å². The minimum atomic E-state index is 0.944. The van der Waals surface area contributed by atoms with Crippen molar-refractivity contribution in [1.29, 1.82) is 0 Å². The van der Waals surface area contributed by atoms with E-state index in [1.807, 2.05) is 13.8 Å². The topological polar surface area (TPSA) is 3.24 Å². The Morgan fingerprint density at radius 2 is 1.17 bits per heavy atom. The molecule has 2 aliphatic rings. The molecule has 0 amide bonds. The lowest BCUT2D eigenvalue weighted by Gasteiger charge is -2.23. The molecule has 0 aliphatic heterocycles. The molecule has 1 heteroatoms. The van der Waals surface area contributed by atoms with Crippen LogP contribution in [0.5, 0.6) is 0 Å². The van der Waals surface area contributed by atoms with E-state index in [4.69, 9.17) is 0 Å². The fraction of sp³-hybridized carbons (Fsp3) is 1.00. The fourth-order valence-corrected chi connectivity index (χ4v) is 3.06. The van der Waals surface area contributed by atoms with Crippen LogP contribution in [0.15, 0.2) is 0 Å². The zero-order chi connectivity index (χ0) is 9.14. The molecule has 0 heterocycles. The average molecular weight is 169 g/mol. The van der Waals surface area contributed by atoms with Crippen molar-refractivity contribution in [3.8, 4) is 0 Å². The lowest BCUT2D eigenvalue weighted by Crippen LogP contribution is -2.31. The Kier molecular flexibility index (Phi) is 3.57. The fourth-order valence-electron chi connectivity index (χ4n) is 3.06. The maximum Gasteiger partial charge on any atom is 0.0146 e. The van der Waals surface area contributed by atoms with Crippen molar-refractivity contribution in [2.75, 3.05) is 14.1 Å². The Bertz CT molecular complexity index is 111. The summed E-state index contributed by atoms with van der Waals surface area (Å²) in [4.78, 5) is 2.44. The summed E-state index contributed by atoms with van der Waals surface area (Å²) in [6.45, 7) is 4.00. The summed E-state index contributed by atoms with van der Waals surface area (Å²) in [5.74, 6) is 2.11. The summed E-state index contributed by atoms with van der Waals surface area (Å²) in [6.07, 6.45) is 6.03. The maximum atomic E-state index is 2.44. The van der Waals surface area contributed by atoms with Gasteiger partial charge in [0, 0.05) is 6.04 Å². The van der Waals surface area contributed by atoms with Gasteiger partial charge in [-0.3, -0.25) is 0 Å². The van der Waals surface area contributed by atoms with E-state index in [-0.39, 0.29) is 0 Å². The summed E-state index contributed by atoms with van der Waals surface area (Å²) >= 11 is 0. The van der Waals surface area contributed by atoms with Crippen molar-refractivity contribution in [1.82, 2.24) is 4.90 Å². The predicted octanol–water partition coefficient (Wildman–Crippen LogP) is 2.76. The van der Waals surface area contributed by atoms with Gasteiger partial charge >= 0.3 is 0 Å². The third-order valence-corrected chi connectivity index (χ3v) is 3.38. The molecule has 2 rings (SSSR count). The third kappa shape index (κ3) is 1.66. The lowest BCUT2D eigenvalue weighted by molar-refractivity contribution is 0.236. The van der Waals surface area contributed by atoms with Crippen molar-refractivity contribution in [3.05, 3.63) is 0 Å². The molecule has 0 atom stereocenters. The van der Waals surface area contributed by atoms with Gasteiger partial charge in [0.2, 0.25) is 0 Å². The number of fused-ring (bicyclic) bond motifs is 2. The zero-order valence-electron chi connectivity index (χ0n) is 9.01. The van der Waals surface area contributed by atoms with Crippen molar-refractivity contribution in [2.24, 2.45) is 11.8 Å². The van der Waals surface area contributed by atoms with E-state index < -0.39 is 0 Å². The van der Waals surface area contributed by atoms with Crippen LogP contribution in [-0.4, -0.2) is 25.0 Å². The van der Waals surface area contributed by atoms with Gasteiger partial charge in [-0.2, -0.15) is 0 Å². The van der Waals surface area contributed by atoms with Gasteiger partial charge in [0.05, 0.1) is 0 Å². The van der Waals surface area contributed by atoms with Crippen LogP contribution >= 0.6 is 0 Å². The second kappa shape index (κ2) is 4.27. The quantitative estimate of drug-likeness (QED) is 0.583. The van der Waals surface area contributed by atoms with E-state index >= 15 is 0 Å². The van der Waals surface area contributed by atoms with Gasteiger partial charge in [0.25, 0.3) is 0 Å². The van der Waals surface area contributed by atoms with Gasteiger partial charge in [0.15, 0.2) is 0 Å². The lowest BCUT2D eigenvalue weighted by atomic mass is 10.0. The molecule has 0 spiro atoms. The highest BCUT2D eigenvalue weighted by Crippen LogP contribution is 2.46. The predicted molar refractivity (Wildman–Crippen MR) is 54.3 cm³/mol. The molecular formula is C11H23N. The van der Waals surface area contributed by atoms with Crippen molar-refractivity contribution in [3.63, 3.8) is 0 Å². The molecule has 0 unspecified atom stereocenters. The summed E-state index contributed by atoms with van der Waals surface area (Å²) in [5.41, 5.74) is 0. The highest BCUT2D eigenvalue weighted by Gasteiger charge is 2.42. The number of hydrogen-bond donors (Lipinski definition) is 0. The molecule has 0 saturated heterocycles. The molecule has 1 nitrogen and oxygen atoms in total. The first kappa shape index (κ1) is 10.0. The molecule has 0 radical (unpaired) electrons. The van der Waals surface area contributed by atoms with Gasteiger partial charge in [-0.15, -0.1) is 0 Å². The summed E-state index contributed by atoms with van der Waals surface area (Å²) < 4.78 is 0. The molecule has 0 N–H and O–H groups in total. The molecule has 72 valence electrons. The normalized spacial score (nSPS) is 38.2. The van der Waals surface area contributed by atoms with Gasteiger partial charge in [-0.1, -0.05) is 13.8 Å². The molecule has 0 aromatic carbocycles. The van der Waals surface area contributed by atoms with Crippen LogP contribution in [0.3, 0.4) is 0 Å². The molecule has 12 heavy (non-hydrogen) atoms. The van der Waals surface area contributed by atoms with Crippen LogP contribution in [0, 0.1) is 11.8 Å². The van der Waals surface area contributed by atoms with Crippen LogP contribution in [0.2, 0.25) is 0 Å². The maximum absolute atomic E-state index is 2.44. The first-order valence-corrected chi connectivity index (χ1v) is 5.45. The summed E-state index contributed by atoms with van der Waals surface area (Å²) in [7, 11) is 4.47. The third-order valence-electron chi connectivity index (χ3n) is 3.38. The van der Waals surface area contributed by atoms with Crippen LogP contribution < -0.4 is 0 Å². The van der Waals surface area contributed by atoms with Crippen LogP contribution in [0.25, 0.3) is 0 Å². The van der Waals surface area contributed by atoms with Crippen LogP contribution in [0.1, 0.15) is 39.5 Å². The smallest absolute Gasteiger partial charge is 0.0146 e. The number of nitrogens with zero attached hydrogens (tertiary/aromatic N) is 1. The highest BCUT2D eigenvalue weighted by molar-refractivity contribution is 4.95. The molecule has 2 bridgehead atoms. The second-order valence-electron chi connectivity index (χ2n) is 4.13. The van der Waals surface area contributed by atoms with Crippen LogP contribution in [0.4, 0.5) is 0 Å². The summed E-state index contributed by atoms with van der Waals surface area (Å²) in [5, 5.41) is 0. The van der Waals surface area contributed by atoms with E-state index in [2.05, 4.69) is 19.0 Å². The molecule has 0 aromatic rings. The van der Waals surface area contributed by atoms with E-state index in [1.165, 1.54) is 25.7 Å². The van der Waals surface area contributed by atoms with Gasteiger partial charge < -0.3 is 4.90 Å². The first-order valence-electron chi connectivity index (χ1n) is 5.45. The molecule has 2 aliphatic carbocycles. The van der Waals surface area contributed by atoms with Crippen molar-refractivity contribution in [2.45, 2.75) is 45.6 Å². The summed E-state index contributed by atoms with van der Waals surface area (Å²) in [6, 6.07) is 0.944. The Morgan fingerprint density at radius 1 is 0.833 bits per heavy atom. The Labute approximate surface area is 77.1 Å². The van der Waals surface area contributed by atoms with E-state index in [0.717, 1.165) is 17.9 Å². The molecular weight excluding hydrogens is 146 g/mol. The monoisotopic (exact) mass is 169 g/mol. The van der Waals surface area contributed by atoms with Crippen LogP contribution in [-0.2, 0) is 0 Å². The first-order chi connectivity index (χ1) is 5.79. The average Bonchev–Trinajstić information content (AvgIpc) is 2.65. The second-order valence-corrected chi connectivity index (χ2v) is 4.13. The molecule has 0 aromatic heterocycles. The van der Waals surface area contributed by atoms with Gasteiger partial charge in [-0.25, -0.2) is 0 Å². The minimum absolute atomic E-state index is 0.944. The van der Waals surface area contributed by atoms with E-state index in [9.17, 15) is 0 Å². The Morgan fingerprint density at radius 3 is 1.33 bits per heavy atom. The van der Waals surface area contributed by atoms with Gasteiger partial charge in [0.1, 0.15) is 0 Å². The van der Waals surface area contributed by atoms with E-state index in [0.29, 0.717) is 0 Å². The molecule has 2 saturated carbocycles. The minimum Gasteiger partial charge on any atom is -0.306 e. The Balaban J connectivity index is 0.000000336. The number of hydrogen-bond acceptors (Lipinski definition) is 1. The highest BCUT2D eigenvalue weighted by atomic mass is 15.1. The number of rotatable bonds is 1. The largest absolute Gasteiger partial charge is 0.306 e. The van der Waals surface area contributed by atoms with Gasteiger partial charge in [-0.05, 0) is 51.6 Å².